The molecule has 0 bridgehead atoms. The normalized spacial score (nSPS) is 10.9. The maximum atomic E-state index is 12.8. The van der Waals surface area contributed by atoms with Gasteiger partial charge in [0, 0.05) is 22.5 Å². The van der Waals surface area contributed by atoms with Gasteiger partial charge in [-0.2, -0.15) is 0 Å². The van der Waals surface area contributed by atoms with Crippen LogP contribution in [0, 0.1) is 0 Å². The number of hydrogen-bond acceptors (Lipinski definition) is 4. The first-order valence-corrected chi connectivity index (χ1v) is 10.4. The lowest BCUT2D eigenvalue weighted by Gasteiger charge is -2.07. The van der Waals surface area contributed by atoms with Crippen molar-refractivity contribution < 1.29 is 4.79 Å². The van der Waals surface area contributed by atoms with Crippen molar-refractivity contribution in [1.29, 1.82) is 0 Å². The molecule has 2 aromatic heterocycles. The monoisotopic (exact) mass is 423 g/mol. The third-order valence-electron chi connectivity index (χ3n) is 4.59. The Bertz CT molecular complexity index is 1200. The van der Waals surface area contributed by atoms with Gasteiger partial charge in [0.2, 0.25) is 5.91 Å². The number of thiophene rings is 1. The number of rotatable bonds is 6. The highest BCUT2D eigenvalue weighted by Gasteiger charge is 2.14. The zero-order valence-corrected chi connectivity index (χ0v) is 17.0. The Morgan fingerprint density at radius 3 is 2.62 bits per heavy atom. The number of hydrogen-bond donors (Lipinski definition) is 1. The first-order chi connectivity index (χ1) is 14.1. The van der Waals surface area contributed by atoms with E-state index in [4.69, 9.17) is 11.6 Å². The SMILES string of the molecule is O=C(Cn1cnc2c(-c3ccc(Cl)cc3)csc2c1=O)NCCc1ccccc1. The first kappa shape index (κ1) is 19.4. The van der Waals surface area contributed by atoms with Gasteiger partial charge in [-0.1, -0.05) is 54.1 Å². The molecule has 0 unspecified atom stereocenters. The molecule has 0 saturated carbocycles. The fourth-order valence-electron chi connectivity index (χ4n) is 3.09. The molecular formula is C22H18ClN3O2S. The molecule has 0 radical (unpaired) electrons. The van der Waals surface area contributed by atoms with Gasteiger partial charge >= 0.3 is 0 Å². The minimum atomic E-state index is -0.210. The summed E-state index contributed by atoms with van der Waals surface area (Å²) >= 11 is 7.29. The fourth-order valence-corrected chi connectivity index (χ4v) is 4.19. The smallest absolute Gasteiger partial charge is 0.271 e. The molecule has 0 aliphatic carbocycles. The zero-order chi connectivity index (χ0) is 20.2. The van der Waals surface area contributed by atoms with Crippen LogP contribution in [-0.2, 0) is 17.8 Å². The van der Waals surface area contributed by atoms with Gasteiger partial charge in [-0.25, -0.2) is 4.98 Å². The van der Waals surface area contributed by atoms with Gasteiger partial charge in [-0.05, 0) is 29.7 Å². The quantitative estimate of drug-likeness (QED) is 0.507. The Labute approximate surface area is 176 Å². The average molecular weight is 424 g/mol. The van der Waals surface area contributed by atoms with E-state index in [1.807, 2.05) is 47.8 Å². The van der Waals surface area contributed by atoms with Crippen molar-refractivity contribution in [2.75, 3.05) is 6.54 Å². The number of benzene rings is 2. The highest BCUT2D eigenvalue weighted by Crippen LogP contribution is 2.31. The summed E-state index contributed by atoms with van der Waals surface area (Å²) in [6.45, 7) is 0.470. The summed E-state index contributed by atoms with van der Waals surface area (Å²) in [5.41, 5.74) is 3.42. The molecular weight excluding hydrogens is 406 g/mol. The van der Waals surface area contributed by atoms with Gasteiger partial charge < -0.3 is 5.32 Å². The Morgan fingerprint density at radius 1 is 1.10 bits per heavy atom. The molecule has 146 valence electrons. The Hall–Kier alpha value is -2.96. The predicted molar refractivity (Wildman–Crippen MR) is 117 cm³/mol. The second kappa shape index (κ2) is 8.59. The molecule has 2 aromatic carbocycles. The van der Waals surface area contributed by atoms with E-state index in [2.05, 4.69) is 10.3 Å². The molecule has 4 aromatic rings. The van der Waals surface area contributed by atoms with Crippen LogP contribution in [0.2, 0.25) is 5.02 Å². The average Bonchev–Trinajstić information content (AvgIpc) is 3.16. The second-order valence-electron chi connectivity index (χ2n) is 6.60. The van der Waals surface area contributed by atoms with Crippen molar-refractivity contribution >= 4 is 39.1 Å². The number of nitrogens with zero attached hydrogens (tertiary/aromatic N) is 2. The van der Waals surface area contributed by atoms with Crippen molar-refractivity contribution in [2.45, 2.75) is 13.0 Å². The van der Waals surface area contributed by atoms with E-state index >= 15 is 0 Å². The maximum absolute atomic E-state index is 12.8. The molecule has 0 fully saturated rings. The fraction of sp³-hybridized carbons (Fsp3) is 0.136. The maximum Gasteiger partial charge on any atom is 0.271 e. The number of amides is 1. The van der Waals surface area contributed by atoms with Crippen LogP contribution < -0.4 is 10.9 Å². The molecule has 29 heavy (non-hydrogen) atoms. The highest BCUT2D eigenvalue weighted by molar-refractivity contribution is 7.17. The summed E-state index contributed by atoms with van der Waals surface area (Å²) < 4.78 is 1.89. The summed E-state index contributed by atoms with van der Waals surface area (Å²) in [5, 5.41) is 5.42. The number of nitrogens with one attached hydrogen (secondary N) is 1. The molecule has 0 atom stereocenters. The molecule has 0 spiro atoms. The van der Waals surface area contributed by atoms with Crippen LogP contribution in [0.15, 0.2) is 71.1 Å². The minimum absolute atomic E-state index is 0.0509. The van der Waals surface area contributed by atoms with Gasteiger partial charge in [0.15, 0.2) is 0 Å². The molecule has 1 N–H and O–H groups in total. The van der Waals surface area contributed by atoms with E-state index in [0.29, 0.717) is 21.8 Å². The van der Waals surface area contributed by atoms with E-state index < -0.39 is 0 Å². The third-order valence-corrected chi connectivity index (χ3v) is 5.80. The molecule has 0 saturated heterocycles. The summed E-state index contributed by atoms with van der Waals surface area (Å²) in [6, 6.07) is 17.3. The second-order valence-corrected chi connectivity index (χ2v) is 7.91. The van der Waals surface area contributed by atoms with Crippen molar-refractivity contribution in [3.63, 3.8) is 0 Å². The number of aromatic nitrogens is 2. The largest absolute Gasteiger partial charge is 0.354 e. The molecule has 5 nitrogen and oxygen atoms in total. The summed E-state index contributed by atoms with van der Waals surface area (Å²) in [6.07, 6.45) is 2.18. The molecule has 4 rings (SSSR count). The lowest BCUT2D eigenvalue weighted by molar-refractivity contribution is -0.121. The Kier molecular flexibility index (Phi) is 5.74. The van der Waals surface area contributed by atoms with E-state index in [9.17, 15) is 9.59 Å². The lowest BCUT2D eigenvalue weighted by atomic mass is 10.1. The number of carbonyl (C=O) groups excluding carboxylic acids is 1. The van der Waals surface area contributed by atoms with Gasteiger partial charge in [-0.15, -0.1) is 11.3 Å². The number of halogens is 1. The standard InChI is InChI=1S/C22H18ClN3O2S/c23-17-8-6-16(7-9-17)18-13-29-21-20(18)25-14-26(22(21)28)12-19(27)24-11-10-15-4-2-1-3-5-15/h1-9,13-14H,10-12H2,(H,24,27). The van der Waals surface area contributed by atoms with Crippen LogP contribution in [0.3, 0.4) is 0 Å². The molecule has 2 heterocycles. The van der Waals surface area contributed by atoms with E-state index in [1.54, 1.807) is 12.1 Å². The van der Waals surface area contributed by atoms with Crippen LogP contribution in [-0.4, -0.2) is 22.0 Å². The zero-order valence-electron chi connectivity index (χ0n) is 15.5. The van der Waals surface area contributed by atoms with Gasteiger partial charge in [0.1, 0.15) is 11.2 Å². The van der Waals surface area contributed by atoms with Crippen molar-refractivity contribution in [2.24, 2.45) is 0 Å². The van der Waals surface area contributed by atoms with Crippen LogP contribution in [0.5, 0.6) is 0 Å². The first-order valence-electron chi connectivity index (χ1n) is 9.15. The van der Waals surface area contributed by atoms with Crippen LogP contribution >= 0.6 is 22.9 Å². The van der Waals surface area contributed by atoms with Gasteiger partial charge in [-0.3, -0.25) is 14.2 Å². The molecule has 7 heteroatoms. The van der Waals surface area contributed by atoms with E-state index in [0.717, 1.165) is 23.1 Å². The molecule has 0 aliphatic heterocycles. The molecule has 0 aliphatic rings. The number of carbonyl (C=O) groups is 1. The highest BCUT2D eigenvalue weighted by atomic mass is 35.5. The van der Waals surface area contributed by atoms with Crippen LogP contribution in [0.25, 0.3) is 21.3 Å². The van der Waals surface area contributed by atoms with E-state index in [1.165, 1.54) is 22.2 Å². The Morgan fingerprint density at radius 2 is 1.86 bits per heavy atom. The number of fused-ring (bicyclic) bond motifs is 1. The Balaban J connectivity index is 1.47. The van der Waals surface area contributed by atoms with Gasteiger partial charge in [0.05, 0.1) is 11.8 Å². The topological polar surface area (TPSA) is 64.0 Å². The third kappa shape index (κ3) is 4.39. The molecule has 1 amide bonds. The van der Waals surface area contributed by atoms with Crippen LogP contribution in [0.4, 0.5) is 0 Å². The summed E-state index contributed by atoms with van der Waals surface area (Å²) in [7, 11) is 0. The summed E-state index contributed by atoms with van der Waals surface area (Å²) in [5.74, 6) is -0.210. The van der Waals surface area contributed by atoms with E-state index in [-0.39, 0.29) is 18.0 Å². The summed E-state index contributed by atoms with van der Waals surface area (Å²) in [4.78, 5) is 29.5. The van der Waals surface area contributed by atoms with Crippen molar-refractivity contribution in [3.8, 4) is 11.1 Å². The van der Waals surface area contributed by atoms with Crippen molar-refractivity contribution in [3.05, 3.63) is 87.2 Å². The lowest BCUT2D eigenvalue weighted by Crippen LogP contribution is -2.33. The van der Waals surface area contributed by atoms with Gasteiger partial charge in [0.25, 0.3) is 5.56 Å². The van der Waals surface area contributed by atoms with Crippen molar-refractivity contribution in [1.82, 2.24) is 14.9 Å². The van der Waals surface area contributed by atoms with Crippen LogP contribution in [0.1, 0.15) is 5.56 Å². The minimum Gasteiger partial charge on any atom is -0.354 e. The predicted octanol–water partition coefficient (Wildman–Crippen LogP) is 4.14.